The van der Waals surface area contributed by atoms with Crippen molar-refractivity contribution in [2.75, 3.05) is 12.3 Å². The molecule has 0 aromatic carbocycles. The number of hydrogen-bond donors (Lipinski definition) is 1. The van der Waals surface area contributed by atoms with Gasteiger partial charge in [-0.15, -0.1) is 0 Å². The molecule has 0 saturated carbocycles. The number of aryl methyl sites for hydroxylation is 1. The van der Waals surface area contributed by atoms with E-state index in [1.54, 1.807) is 11.8 Å². The first-order valence-corrected chi connectivity index (χ1v) is 6.41. The van der Waals surface area contributed by atoms with E-state index in [2.05, 4.69) is 16.9 Å². The molecule has 16 heavy (non-hydrogen) atoms. The maximum atomic E-state index is 5.93. The van der Waals surface area contributed by atoms with E-state index in [1.807, 2.05) is 6.92 Å². The quantitative estimate of drug-likeness (QED) is 0.652. The third kappa shape index (κ3) is 2.42. The summed E-state index contributed by atoms with van der Waals surface area (Å²) in [6.45, 7) is 4.70. The van der Waals surface area contributed by atoms with Crippen molar-refractivity contribution < 1.29 is 4.74 Å². The Morgan fingerprint density at radius 1 is 1.50 bits per heavy atom. The van der Waals surface area contributed by atoms with Gasteiger partial charge in [0, 0.05) is 11.9 Å². The minimum atomic E-state index is 0.235. The van der Waals surface area contributed by atoms with Crippen LogP contribution >= 0.6 is 23.4 Å². The largest absolute Gasteiger partial charge is 0.395 e. The lowest BCUT2D eigenvalue weighted by Crippen LogP contribution is -2.14. The molecule has 1 saturated heterocycles. The molecule has 0 radical (unpaired) electrons. The predicted molar refractivity (Wildman–Crippen MR) is 65.9 cm³/mol. The number of nitrogens with zero attached hydrogens (tertiary/aromatic N) is 2. The van der Waals surface area contributed by atoms with E-state index < -0.39 is 0 Å². The summed E-state index contributed by atoms with van der Waals surface area (Å²) in [5.41, 5.74) is 7.28. The van der Waals surface area contributed by atoms with Gasteiger partial charge in [-0.2, -0.15) is 0 Å². The average Bonchev–Trinajstić information content (AvgIpc) is 2.60. The fraction of sp³-hybridized carbons (Fsp3) is 0.600. The minimum Gasteiger partial charge on any atom is -0.395 e. The Labute approximate surface area is 104 Å². The van der Waals surface area contributed by atoms with Crippen molar-refractivity contribution in [2.24, 2.45) is 0 Å². The zero-order valence-corrected chi connectivity index (χ0v) is 10.8. The van der Waals surface area contributed by atoms with Gasteiger partial charge in [-0.1, -0.05) is 11.8 Å². The van der Waals surface area contributed by atoms with Gasteiger partial charge in [-0.05, 0) is 31.9 Å². The van der Waals surface area contributed by atoms with Gasteiger partial charge < -0.3 is 10.5 Å². The molecule has 2 unspecified atom stereocenters. The van der Waals surface area contributed by atoms with Crippen LogP contribution in [0.5, 0.6) is 0 Å². The summed E-state index contributed by atoms with van der Waals surface area (Å²) in [4.78, 5) is 8.18. The minimum absolute atomic E-state index is 0.235. The summed E-state index contributed by atoms with van der Waals surface area (Å²) in [5.74, 6) is 0. The number of nitrogens with two attached hydrogens (primary N) is 1. The van der Waals surface area contributed by atoms with Gasteiger partial charge in [0.15, 0.2) is 0 Å². The number of thioether (sulfide) groups is 1. The Morgan fingerprint density at radius 3 is 2.88 bits per heavy atom. The van der Waals surface area contributed by atoms with Crippen LogP contribution in [0, 0.1) is 6.92 Å². The Bertz CT molecular complexity index is 402. The molecule has 2 heterocycles. The van der Waals surface area contributed by atoms with Crippen molar-refractivity contribution in [3.8, 4) is 0 Å². The van der Waals surface area contributed by atoms with Gasteiger partial charge in [0.25, 0.3) is 0 Å². The topological polar surface area (TPSA) is 61.0 Å². The SMILES string of the molecule is Cc1nc(Cl)nc(SC2CCOC2C)c1N. The first-order chi connectivity index (χ1) is 7.58. The molecule has 2 rings (SSSR count). The van der Waals surface area contributed by atoms with Crippen LogP contribution in [0.1, 0.15) is 19.0 Å². The summed E-state index contributed by atoms with van der Waals surface area (Å²) < 4.78 is 5.50. The first kappa shape index (κ1) is 12.0. The fourth-order valence-corrected chi connectivity index (χ4v) is 3.07. The second-order valence-electron chi connectivity index (χ2n) is 3.82. The van der Waals surface area contributed by atoms with E-state index in [1.165, 1.54) is 0 Å². The summed E-state index contributed by atoms with van der Waals surface area (Å²) >= 11 is 7.45. The molecule has 0 amide bonds. The van der Waals surface area contributed by atoms with E-state index in [0.717, 1.165) is 23.7 Å². The third-order valence-electron chi connectivity index (χ3n) is 2.64. The van der Waals surface area contributed by atoms with Crippen LogP contribution in [0.2, 0.25) is 5.28 Å². The molecule has 2 atom stereocenters. The Kier molecular flexibility index (Phi) is 3.56. The summed E-state index contributed by atoms with van der Waals surface area (Å²) in [6, 6.07) is 0. The highest BCUT2D eigenvalue weighted by Gasteiger charge is 2.26. The second-order valence-corrected chi connectivity index (χ2v) is 5.38. The van der Waals surface area contributed by atoms with E-state index in [9.17, 15) is 0 Å². The molecule has 1 aromatic rings. The van der Waals surface area contributed by atoms with Crippen molar-refractivity contribution in [1.29, 1.82) is 0 Å². The maximum absolute atomic E-state index is 5.93. The molecule has 0 aliphatic carbocycles. The summed E-state index contributed by atoms with van der Waals surface area (Å²) in [6.07, 6.45) is 1.25. The maximum Gasteiger partial charge on any atom is 0.223 e. The molecular formula is C10H14ClN3OS. The van der Waals surface area contributed by atoms with Crippen molar-refractivity contribution in [2.45, 2.75) is 36.6 Å². The lowest BCUT2D eigenvalue weighted by Gasteiger charge is -2.14. The van der Waals surface area contributed by atoms with Crippen LogP contribution in [0.15, 0.2) is 5.03 Å². The molecule has 0 spiro atoms. The number of rotatable bonds is 2. The molecule has 1 aromatic heterocycles. The Morgan fingerprint density at radius 2 is 2.25 bits per heavy atom. The average molecular weight is 260 g/mol. The Balaban J connectivity index is 2.20. The molecule has 4 nitrogen and oxygen atoms in total. The zero-order chi connectivity index (χ0) is 11.7. The van der Waals surface area contributed by atoms with Crippen molar-refractivity contribution in [3.05, 3.63) is 11.0 Å². The van der Waals surface area contributed by atoms with Crippen molar-refractivity contribution in [3.63, 3.8) is 0 Å². The number of hydrogen-bond acceptors (Lipinski definition) is 5. The molecular weight excluding hydrogens is 246 g/mol. The van der Waals surface area contributed by atoms with E-state index in [-0.39, 0.29) is 11.4 Å². The lowest BCUT2D eigenvalue weighted by molar-refractivity contribution is 0.127. The van der Waals surface area contributed by atoms with Gasteiger partial charge in [0.05, 0.1) is 17.5 Å². The van der Waals surface area contributed by atoms with Crippen molar-refractivity contribution >= 4 is 29.1 Å². The molecule has 1 aliphatic rings. The van der Waals surface area contributed by atoms with Crippen LogP contribution in [-0.2, 0) is 4.74 Å². The highest BCUT2D eigenvalue weighted by atomic mass is 35.5. The molecule has 6 heteroatoms. The number of anilines is 1. The molecule has 0 bridgehead atoms. The van der Waals surface area contributed by atoms with Gasteiger partial charge in [0.1, 0.15) is 5.03 Å². The number of halogens is 1. The van der Waals surface area contributed by atoms with Gasteiger partial charge in [-0.3, -0.25) is 0 Å². The number of ether oxygens (including phenoxy) is 1. The highest BCUT2D eigenvalue weighted by Crippen LogP contribution is 2.35. The standard InChI is InChI=1S/C10H14ClN3OS/c1-5-8(12)9(14-10(11)13-5)16-7-3-4-15-6(7)2/h6-7H,3-4,12H2,1-2H3. The predicted octanol–water partition coefficient (Wildman–Crippen LogP) is 2.29. The van der Waals surface area contributed by atoms with Gasteiger partial charge >= 0.3 is 0 Å². The second kappa shape index (κ2) is 4.77. The van der Waals surface area contributed by atoms with Crippen LogP contribution < -0.4 is 5.73 Å². The monoisotopic (exact) mass is 259 g/mol. The fourth-order valence-electron chi connectivity index (χ4n) is 1.62. The van der Waals surface area contributed by atoms with Crippen molar-refractivity contribution in [1.82, 2.24) is 9.97 Å². The van der Waals surface area contributed by atoms with E-state index >= 15 is 0 Å². The first-order valence-electron chi connectivity index (χ1n) is 5.16. The van der Waals surface area contributed by atoms with Crippen LogP contribution in [-0.4, -0.2) is 27.9 Å². The number of aromatic nitrogens is 2. The van der Waals surface area contributed by atoms with Crippen LogP contribution in [0.4, 0.5) is 5.69 Å². The lowest BCUT2D eigenvalue weighted by atomic mass is 10.3. The Hall–Kier alpha value is -0.520. The molecule has 88 valence electrons. The highest BCUT2D eigenvalue weighted by molar-refractivity contribution is 8.00. The van der Waals surface area contributed by atoms with Crippen LogP contribution in [0.3, 0.4) is 0 Å². The van der Waals surface area contributed by atoms with Crippen LogP contribution in [0.25, 0.3) is 0 Å². The molecule has 2 N–H and O–H groups in total. The molecule has 1 aliphatic heterocycles. The summed E-state index contributed by atoms with van der Waals surface area (Å²) in [7, 11) is 0. The smallest absolute Gasteiger partial charge is 0.223 e. The zero-order valence-electron chi connectivity index (χ0n) is 9.24. The number of nitrogen functional groups attached to an aromatic ring is 1. The third-order valence-corrected chi connectivity index (χ3v) is 4.27. The summed E-state index contributed by atoms with van der Waals surface area (Å²) in [5, 5.41) is 1.41. The van der Waals surface area contributed by atoms with Gasteiger partial charge in [-0.25, -0.2) is 9.97 Å². The van der Waals surface area contributed by atoms with E-state index in [4.69, 9.17) is 22.1 Å². The normalized spacial score (nSPS) is 24.9. The van der Waals surface area contributed by atoms with Gasteiger partial charge in [0.2, 0.25) is 5.28 Å². The van der Waals surface area contributed by atoms with E-state index in [0.29, 0.717) is 10.9 Å². The molecule has 1 fully saturated rings.